The van der Waals surface area contributed by atoms with Crippen molar-refractivity contribution in [1.29, 1.82) is 0 Å². The highest BCUT2D eigenvalue weighted by Crippen LogP contribution is 2.17. The molecule has 2 amide bonds. The topological polar surface area (TPSA) is 159 Å². The van der Waals surface area contributed by atoms with Gasteiger partial charge in [-0.15, -0.1) is 0 Å². The van der Waals surface area contributed by atoms with Gasteiger partial charge in [-0.1, -0.05) is 84.9 Å². The Morgan fingerprint density at radius 2 is 1.31 bits per heavy atom. The van der Waals surface area contributed by atoms with Crippen LogP contribution < -0.4 is 16.8 Å². The summed E-state index contributed by atoms with van der Waals surface area (Å²) < 4.78 is 0. The largest absolute Gasteiger partial charge is 0.508 e. The van der Waals surface area contributed by atoms with Crippen LogP contribution in [0.5, 0.6) is 5.75 Å². The van der Waals surface area contributed by atoms with Gasteiger partial charge in [0.15, 0.2) is 0 Å². The number of hydrogen-bond donors (Lipinski definition) is 6. The first-order valence-electron chi connectivity index (χ1n) is 13.0. The van der Waals surface area contributed by atoms with E-state index in [-0.39, 0.29) is 31.1 Å². The van der Waals surface area contributed by atoms with E-state index >= 15 is 0 Å². The highest BCUT2D eigenvalue weighted by Gasteiger charge is 2.29. The van der Waals surface area contributed by atoms with E-state index < -0.39 is 36.0 Å². The zero-order chi connectivity index (χ0) is 28.2. The number of aliphatic hydroxyl groups is 2. The number of amides is 2. The van der Waals surface area contributed by atoms with Crippen molar-refractivity contribution in [2.45, 2.75) is 50.0 Å². The Labute approximate surface area is 229 Å². The fourth-order valence-electron chi connectivity index (χ4n) is 4.37. The molecule has 0 aromatic heterocycles. The van der Waals surface area contributed by atoms with Crippen LogP contribution in [0.1, 0.15) is 23.1 Å². The summed E-state index contributed by atoms with van der Waals surface area (Å²) in [4.78, 5) is 25.5. The molecule has 8 nitrogen and oxygen atoms in total. The van der Waals surface area contributed by atoms with Crippen LogP contribution in [0.3, 0.4) is 0 Å². The average molecular weight is 532 g/mol. The van der Waals surface area contributed by atoms with Crippen LogP contribution in [0.4, 0.5) is 0 Å². The Kier molecular flexibility index (Phi) is 11.2. The number of primary amides is 1. The summed E-state index contributed by atoms with van der Waals surface area (Å²) in [6.45, 7) is 0. The van der Waals surface area contributed by atoms with Crippen molar-refractivity contribution >= 4 is 11.8 Å². The summed E-state index contributed by atoms with van der Waals surface area (Å²) in [5.41, 5.74) is 14.4. The maximum absolute atomic E-state index is 13.3. The summed E-state index contributed by atoms with van der Waals surface area (Å²) in [6, 6.07) is 23.8. The molecule has 39 heavy (non-hydrogen) atoms. The van der Waals surface area contributed by atoms with Crippen molar-refractivity contribution in [2.75, 3.05) is 0 Å². The van der Waals surface area contributed by atoms with Crippen molar-refractivity contribution < 1.29 is 24.9 Å². The summed E-state index contributed by atoms with van der Waals surface area (Å²) in [5, 5.41) is 33.6. The maximum Gasteiger partial charge on any atom is 0.240 e. The van der Waals surface area contributed by atoms with Gasteiger partial charge in [-0.25, -0.2) is 0 Å². The van der Waals surface area contributed by atoms with Gasteiger partial charge >= 0.3 is 0 Å². The van der Waals surface area contributed by atoms with Gasteiger partial charge in [-0.2, -0.15) is 0 Å². The Hall–Kier alpha value is -3.98. The molecule has 0 saturated heterocycles. The van der Waals surface area contributed by atoms with E-state index in [1.807, 2.05) is 60.7 Å². The van der Waals surface area contributed by atoms with Crippen LogP contribution in [0.25, 0.3) is 0 Å². The number of rotatable bonds is 14. The first-order chi connectivity index (χ1) is 18.7. The summed E-state index contributed by atoms with van der Waals surface area (Å²) in [6.07, 6.45) is 1.82. The fourth-order valence-corrected chi connectivity index (χ4v) is 4.37. The zero-order valence-corrected chi connectivity index (χ0v) is 21.8. The third kappa shape index (κ3) is 10.0. The van der Waals surface area contributed by atoms with Gasteiger partial charge in [0.25, 0.3) is 0 Å². The number of nitrogens with two attached hydrogens (primary N) is 2. The zero-order valence-electron chi connectivity index (χ0n) is 21.8. The molecular formula is C31H37N3O5. The number of aromatic hydroxyl groups is 1. The summed E-state index contributed by atoms with van der Waals surface area (Å²) >= 11 is 0. The first kappa shape index (κ1) is 29.6. The minimum Gasteiger partial charge on any atom is -0.508 e. The van der Waals surface area contributed by atoms with Gasteiger partial charge in [0.1, 0.15) is 11.8 Å². The molecule has 5 atom stereocenters. The SMILES string of the molecule is NC(=O)[C@H](Cc1ccccc1)NC(=O)[C@@H](Cc1ccccc1)[C@@H](O)/C=C/[C@H](O)C[C@@H](N)Cc1ccc(O)cc1. The molecule has 0 aliphatic carbocycles. The van der Waals surface area contributed by atoms with Crippen LogP contribution in [0, 0.1) is 5.92 Å². The Morgan fingerprint density at radius 1 is 0.769 bits per heavy atom. The van der Waals surface area contributed by atoms with Crippen LogP contribution >= 0.6 is 0 Å². The number of phenols is 1. The fraction of sp³-hybridized carbons (Fsp3) is 0.290. The van der Waals surface area contributed by atoms with E-state index in [4.69, 9.17) is 11.5 Å². The number of aliphatic hydroxyl groups excluding tert-OH is 2. The monoisotopic (exact) mass is 531 g/mol. The molecule has 0 bridgehead atoms. The molecule has 0 heterocycles. The molecule has 3 aromatic carbocycles. The molecule has 3 aromatic rings. The number of phenolic OH excluding ortho intramolecular Hbond substituents is 1. The van der Waals surface area contributed by atoms with Gasteiger partial charge < -0.3 is 32.1 Å². The highest BCUT2D eigenvalue weighted by molar-refractivity contribution is 5.88. The summed E-state index contributed by atoms with van der Waals surface area (Å²) in [5.74, 6) is -1.96. The van der Waals surface area contributed by atoms with Gasteiger partial charge in [0.2, 0.25) is 11.8 Å². The van der Waals surface area contributed by atoms with E-state index in [1.54, 1.807) is 24.3 Å². The minimum atomic E-state index is -1.24. The molecule has 8 N–H and O–H groups in total. The second kappa shape index (κ2) is 14.8. The molecule has 3 rings (SSSR count). The quantitative estimate of drug-likeness (QED) is 0.175. The van der Waals surface area contributed by atoms with E-state index in [1.165, 1.54) is 12.2 Å². The molecule has 0 radical (unpaired) electrons. The van der Waals surface area contributed by atoms with E-state index in [2.05, 4.69) is 5.32 Å². The first-order valence-corrected chi connectivity index (χ1v) is 13.0. The van der Waals surface area contributed by atoms with Crippen molar-refractivity contribution in [3.8, 4) is 5.75 Å². The lowest BCUT2D eigenvalue weighted by molar-refractivity contribution is -0.131. The van der Waals surface area contributed by atoms with Gasteiger partial charge in [-0.3, -0.25) is 9.59 Å². The lowest BCUT2D eigenvalue weighted by Gasteiger charge is -2.24. The second-order valence-electron chi connectivity index (χ2n) is 9.76. The molecule has 8 heteroatoms. The Morgan fingerprint density at radius 3 is 1.87 bits per heavy atom. The van der Waals surface area contributed by atoms with Crippen LogP contribution in [-0.4, -0.2) is 51.4 Å². The standard InChI is InChI=1S/C31H37N3O5/c32-24(17-23-11-13-25(35)14-12-23)20-26(36)15-16-29(37)27(18-21-7-3-1-4-8-21)31(39)34-28(30(33)38)19-22-9-5-2-6-10-22/h1-16,24,26-29,35-37H,17-20,32H2,(H2,33,38)(H,34,39)/b16-15+/t24-,26-,27-,28-,29-/m0/s1. The lowest BCUT2D eigenvalue weighted by Crippen LogP contribution is -2.50. The van der Waals surface area contributed by atoms with Gasteiger partial charge in [-0.05, 0) is 48.1 Å². The van der Waals surface area contributed by atoms with Crippen LogP contribution in [-0.2, 0) is 28.9 Å². The average Bonchev–Trinajstić information content (AvgIpc) is 2.92. The molecule has 0 fully saturated rings. The maximum atomic E-state index is 13.3. The van der Waals surface area contributed by atoms with Crippen molar-refractivity contribution in [3.05, 3.63) is 114 Å². The minimum absolute atomic E-state index is 0.167. The predicted molar refractivity (Wildman–Crippen MR) is 150 cm³/mol. The molecule has 0 unspecified atom stereocenters. The van der Waals surface area contributed by atoms with Gasteiger partial charge in [0.05, 0.1) is 18.1 Å². The molecule has 0 aliphatic heterocycles. The van der Waals surface area contributed by atoms with Gasteiger partial charge in [0, 0.05) is 12.5 Å². The molecule has 206 valence electrons. The Balaban J connectivity index is 1.67. The predicted octanol–water partition coefficient (Wildman–Crippen LogP) is 2.00. The third-order valence-electron chi connectivity index (χ3n) is 6.50. The smallest absolute Gasteiger partial charge is 0.240 e. The number of carbonyl (C=O) groups excluding carboxylic acids is 2. The molecular weight excluding hydrogens is 494 g/mol. The number of benzene rings is 3. The number of nitrogens with one attached hydrogen (secondary N) is 1. The summed E-state index contributed by atoms with van der Waals surface area (Å²) in [7, 11) is 0. The van der Waals surface area contributed by atoms with Crippen molar-refractivity contribution in [2.24, 2.45) is 17.4 Å². The Bertz CT molecular complexity index is 1200. The number of hydrogen-bond acceptors (Lipinski definition) is 6. The van der Waals surface area contributed by atoms with E-state index in [9.17, 15) is 24.9 Å². The molecule has 0 aliphatic rings. The number of carbonyl (C=O) groups is 2. The van der Waals surface area contributed by atoms with E-state index in [0.717, 1.165) is 16.7 Å². The highest BCUT2D eigenvalue weighted by atomic mass is 16.3. The molecule has 0 spiro atoms. The molecule has 0 saturated carbocycles. The third-order valence-corrected chi connectivity index (χ3v) is 6.50. The van der Waals surface area contributed by atoms with Crippen LogP contribution in [0.15, 0.2) is 97.1 Å². The second-order valence-corrected chi connectivity index (χ2v) is 9.76. The van der Waals surface area contributed by atoms with Crippen LogP contribution in [0.2, 0.25) is 0 Å². The normalized spacial score (nSPS) is 15.3. The van der Waals surface area contributed by atoms with Crippen molar-refractivity contribution in [1.82, 2.24) is 5.32 Å². The van der Waals surface area contributed by atoms with Crippen molar-refractivity contribution in [3.63, 3.8) is 0 Å². The lowest BCUT2D eigenvalue weighted by atomic mass is 9.91. The van der Waals surface area contributed by atoms with E-state index in [0.29, 0.717) is 6.42 Å².